The molecule has 1 N–H and O–H groups in total. The Hall–Kier alpha value is -1.75. The van der Waals surface area contributed by atoms with Crippen molar-refractivity contribution in [2.45, 2.75) is 19.6 Å². The predicted octanol–water partition coefficient (Wildman–Crippen LogP) is 5.34. The summed E-state index contributed by atoms with van der Waals surface area (Å²) in [5, 5.41) is 2.68. The monoisotopic (exact) mass is 355 g/mol. The van der Waals surface area contributed by atoms with Crippen LogP contribution in [0.2, 0.25) is 0 Å². The van der Waals surface area contributed by atoms with Gasteiger partial charge in [0.1, 0.15) is 17.3 Å². The first-order valence-electron chi connectivity index (χ1n) is 7.66. The third kappa shape index (κ3) is 4.20. The molecule has 24 heavy (non-hydrogen) atoms. The maximum Gasteiger partial charge on any atom is 0.357 e. The molecule has 0 aliphatic carbocycles. The van der Waals surface area contributed by atoms with Crippen LogP contribution in [0.1, 0.15) is 25.2 Å². The van der Waals surface area contributed by atoms with Gasteiger partial charge in [-0.05, 0) is 31.5 Å². The first-order valence-corrected chi connectivity index (χ1v) is 9.27. The molecule has 0 fully saturated rings. The molecule has 0 aliphatic rings. The van der Waals surface area contributed by atoms with Crippen LogP contribution in [0.3, 0.4) is 0 Å². The van der Waals surface area contributed by atoms with Crippen LogP contribution < -0.4 is 5.32 Å². The van der Waals surface area contributed by atoms with E-state index in [4.69, 9.17) is 9.05 Å². The van der Waals surface area contributed by atoms with Crippen LogP contribution in [0.5, 0.6) is 0 Å². The maximum absolute atomic E-state index is 14.0. The van der Waals surface area contributed by atoms with E-state index in [1.165, 1.54) is 6.07 Å². The van der Waals surface area contributed by atoms with Crippen molar-refractivity contribution in [2.75, 3.05) is 18.5 Å². The molecule has 1 unspecified atom stereocenters. The Kier molecular flexibility index (Phi) is 6.49. The molecule has 0 amide bonds. The first kappa shape index (κ1) is 18.6. The Balaban J connectivity index is 2.49. The van der Waals surface area contributed by atoms with Crippen molar-refractivity contribution in [3.63, 3.8) is 0 Å². The fourth-order valence-corrected chi connectivity index (χ4v) is 4.22. The van der Waals surface area contributed by atoms with Gasteiger partial charge in [-0.25, -0.2) is 8.78 Å². The van der Waals surface area contributed by atoms with Gasteiger partial charge in [0, 0.05) is 0 Å². The molecule has 4 nitrogen and oxygen atoms in total. The van der Waals surface area contributed by atoms with E-state index in [1.807, 2.05) is 0 Å². The largest absolute Gasteiger partial charge is 0.363 e. The lowest BCUT2D eigenvalue weighted by Crippen LogP contribution is -2.16. The van der Waals surface area contributed by atoms with Crippen molar-refractivity contribution in [1.29, 1.82) is 0 Å². The summed E-state index contributed by atoms with van der Waals surface area (Å²) < 4.78 is 51.9. The molecule has 2 aromatic carbocycles. The third-order valence-corrected chi connectivity index (χ3v) is 5.59. The van der Waals surface area contributed by atoms with Gasteiger partial charge in [0.2, 0.25) is 0 Å². The highest BCUT2D eigenvalue weighted by Crippen LogP contribution is 2.60. The molecule has 2 aromatic rings. The second-order valence-corrected chi connectivity index (χ2v) is 7.04. The highest BCUT2D eigenvalue weighted by molar-refractivity contribution is 7.54. The topological polar surface area (TPSA) is 47.6 Å². The summed E-state index contributed by atoms with van der Waals surface area (Å²) in [6, 6.07) is 12.2. The molecule has 130 valence electrons. The van der Waals surface area contributed by atoms with Crippen molar-refractivity contribution in [2.24, 2.45) is 0 Å². The summed E-state index contributed by atoms with van der Waals surface area (Å²) in [5.41, 5.74) is 0.177. The lowest BCUT2D eigenvalue weighted by atomic mass is 10.2. The number of hydrogen-bond acceptors (Lipinski definition) is 4. The van der Waals surface area contributed by atoms with E-state index in [1.54, 1.807) is 44.2 Å². The van der Waals surface area contributed by atoms with E-state index < -0.39 is 25.0 Å². The summed E-state index contributed by atoms with van der Waals surface area (Å²) in [7, 11) is -3.70. The molecule has 7 heteroatoms. The summed E-state index contributed by atoms with van der Waals surface area (Å²) in [5.74, 6) is -2.60. The molecule has 0 aliphatic heterocycles. The van der Waals surface area contributed by atoms with Gasteiger partial charge >= 0.3 is 7.60 Å². The molecule has 0 saturated carbocycles. The van der Waals surface area contributed by atoms with Gasteiger partial charge in [-0.2, -0.15) is 0 Å². The van der Waals surface area contributed by atoms with Crippen LogP contribution in [0.4, 0.5) is 14.5 Å². The number of nitrogens with one attached hydrogen (secondary N) is 1. The summed E-state index contributed by atoms with van der Waals surface area (Å²) in [6.07, 6.45) is 0. The number of para-hydroxylation sites is 1. The minimum absolute atomic E-state index is 0.141. The van der Waals surface area contributed by atoms with Crippen LogP contribution in [0.25, 0.3) is 0 Å². The molecule has 0 radical (unpaired) electrons. The Morgan fingerprint density at radius 2 is 1.50 bits per heavy atom. The fraction of sp³-hybridized carbons (Fsp3) is 0.294. The van der Waals surface area contributed by atoms with Crippen LogP contribution >= 0.6 is 7.60 Å². The van der Waals surface area contributed by atoms with Crippen LogP contribution in [0, 0.1) is 11.6 Å². The Morgan fingerprint density at radius 3 is 2.00 bits per heavy atom. The van der Waals surface area contributed by atoms with E-state index in [2.05, 4.69) is 5.32 Å². The molecule has 0 spiro atoms. The van der Waals surface area contributed by atoms with Gasteiger partial charge in [-0.15, -0.1) is 0 Å². The van der Waals surface area contributed by atoms with Crippen molar-refractivity contribution in [1.82, 2.24) is 0 Å². The molecule has 0 aromatic heterocycles. The number of benzene rings is 2. The lowest BCUT2D eigenvalue weighted by molar-refractivity contribution is 0.214. The third-order valence-electron chi connectivity index (χ3n) is 3.29. The van der Waals surface area contributed by atoms with Crippen molar-refractivity contribution >= 4 is 13.3 Å². The fourth-order valence-electron chi connectivity index (χ4n) is 2.30. The molecular formula is C17H20F2NO3P. The highest BCUT2D eigenvalue weighted by atomic mass is 31.2. The van der Waals surface area contributed by atoms with Crippen LogP contribution in [-0.4, -0.2) is 13.2 Å². The summed E-state index contributed by atoms with van der Waals surface area (Å²) in [6.45, 7) is 3.64. The maximum atomic E-state index is 14.0. The van der Waals surface area contributed by atoms with Gasteiger partial charge in [0.15, 0.2) is 5.78 Å². The number of anilines is 1. The Labute approximate surface area is 140 Å². The van der Waals surface area contributed by atoms with E-state index in [0.29, 0.717) is 5.56 Å². The SMILES string of the molecule is CCOP(=O)(OCC)C(Nc1c(F)cccc1F)c1ccccc1. The van der Waals surface area contributed by atoms with Crippen molar-refractivity contribution in [3.05, 3.63) is 65.7 Å². The zero-order valence-corrected chi connectivity index (χ0v) is 14.4. The van der Waals surface area contributed by atoms with E-state index >= 15 is 0 Å². The Morgan fingerprint density at radius 1 is 0.958 bits per heavy atom. The number of hydrogen-bond donors (Lipinski definition) is 1. The van der Waals surface area contributed by atoms with Gasteiger partial charge < -0.3 is 14.4 Å². The van der Waals surface area contributed by atoms with Crippen LogP contribution in [-0.2, 0) is 13.6 Å². The normalized spacial score (nSPS) is 12.8. The zero-order chi connectivity index (χ0) is 17.6. The molecular weight excluding hydrogens is 335 g/mol. The van der Waals surface area contributed by atoms with Gasteiger partial charge in [-0.3, -0.25) is 4.57 Å². The predicted molar refractivity (Wildman–Crippen MR) is 90.0 cm³/mol. The molecule has 2 rings (SSSR count). The zero-order valence-electron chi connectivity index (χ0n) is 13.5. The molecule has 0 saturated heterocycles. The lowest BCUT2D eigenvalue weighted by Gasteiger charge is -2.28. The number of rotatable bonds is 8. The molecule has 1 atom stereocenters. The second-order valence-electron chi connectivity index (χ2n) is 4.93. The molecule has 0 heterocycles. The van der Waals surface area contributed by atoms with Crippen molar-refractivity contribution in [3.8, 4) is 0 Å². The smallest absolute Gasteiger partial charge is 0.357 e. The van der Waals surface area contributed by atoms with Crippen LogP contribution in [0.15, 0.2) is 48.5 Å². The standard InChI is InChI=1S/C17H20F2NO3P/c1-3-22-24(21,23-4-2)17(13-9-6-5-7-10-13)20-16-14(18)11-8-12-15(16)19/h5-12,17,20H,3-4H2,1-2H3. The Bertz CT molecular complexity index is 682. The summed E-state index contributed by atoms with van der Waals surface area (Å²) in [4.78, 5) is 0. The van der Waals surface area contributed by atoms with Crippen molar-refractivity contribution < 1.29 is 22.4 Å². The number of halogens is 2. The second kappa shape index (κ2) is 8.38. The van der Waals surface area contributed by atoms with E-state index in [0.717, 1.165) is 12.1 Å². The van der Waals surface area contributed by atoms with Gasteiger partial charge in [-0.1, -0.05) is 36.4 Å². The van der Waals surface area contributed by atoms with Gasteiger partial charge in [0.25, 0.3) is 0 Å². The van der Waals surface area contributed by atoms with Gasteiger partial charge in [0.05, 0.1) is 13.2 Å². The average Bonchev–Trinajstić information content (AvgIpc) is 2.55. The minimum Gasteiger partial charge on any atom is -0.363 e. The average molecular weight is 355 g/mol. The quantitative estimate of drug-likeness (QED) is 0.649. The first-order chi connectivity index (χ1) is 11.5. The van der Waals surface area contributed by atoms with E-state index in [-0.39, 0.29) is 18.9 Å². The highest BCUT2D eigenvalue weighted by Gasteiger charge is 2.37. The van der Waals surface area contributed by atoms with E-state index in [9.17, 15) is 13.3 Å². The molecule has 0 bridgehead atoms. The summed E-state index contributed by atoms with van der Waals surface area (Å²) >= 11 is 0. The minimum atomic E-state index is -3.70.